The van der Waals surface area contributed by atoms with Gasteiger partial charge in [-0.25, -0.2) is 0 Å². The molecule has 0 aromatic rings. The Balaban J connectivity index is -0.0000000450. The van der Waals surface area contributed by atoms with Crippen molar-refractivity contribution in [2.24, 2.45) is 4.99 Å². The van der Waals surface area contributed by atoms with Crippen LogP contribution in [0.25, 0.3) is 0 Å². The third-order valence-electron chi connectivity index (χ3n) is 0.224. The van der Waals surface area contributed by atoms with Crippen molar-refractivity contribution in [3.63, 3.8) is 0 Å². The van der Waals surface area contributed by atoms with E-state index in [9.17, 15) is 0 Å². The van der Waals surface area contributed by atoms with Crippen molar-refractivity contribution in [3.8, 4) is 0 Å². The summed E-state index contributed by atoms with van der Waals surface area (Å²) < 4.78 is 0. The van der Waals surface area contributed by atoms with E-state index in [0.29, 0.717) is 0 Å². The Morgan fingerprint density at radius 1 is 1.50 bits per heavy atom. The zero-order valence-corrected chi connectivity index (χ0v) is 7.29. The Bertz CT molecular complexity index is 22.7. The molecule has 6 heavy (non-hydrogen) atoms. The Morgan fingerprint density at radius 3 is 1.67 bits per heavy atom. The molecule has 2 heteroatoms. The quantitative estimate of drug-likeness (QED) is 0.453. The van der Waals surface area contributed by atoms with Crippen LogP contribution < -0.4 is 0 Å². The molecule has 0 aliphatic carbocycles. The topological polar surface area (TPSA) is 12.4 Å². The van der Waals surface area contributed by atoms with E-state index in [-0.39, 0.29) is 28.5 Å². The Morgan fingerprint density at radius 2 is 1.67 bits per heavy atom. The summed E-state index contributed by atoms with van der Waals surface area (Å²) in [6, 6.07) is 0. The van der Waals surface area contributed by atoms with Crippen LogP contribution in [0.2, 0.25) is 0 Å². The summed E-state index contributed by atoms with van der Waals surface area (Å²) in [5.74, 6) is 0. The van der Waals surface area contributed by atoms with E-state index >= 15 is 0 Å². The molecule has 0 fully saturated rings. The van der Waals surface area contributed by atoms with E-state index in [4.69, 9.17) is 0 Å². The van der Waals surface area contributed by atoms with Crippen molar-refractivity contribution in [3.05, 3.63) is 7.43 Å². The summed E-state index contributed by atoms with van der Waals surface area (Å²) in [5, 5.41) is 0. The molecule has 0 aliphatic rings. The van der Waals surface area contributed by atoms with Crippen LogP contribution in [-0.2, 0) is 21.1 Å². The third-order valence-corrected chi connectivity index (χ3v) is 0.224. The molecule has 0 bridgehead atoms. The second kappa shape index (κ2) is 18.3. The van der Waals surface area contributed by atoms with Gasteiger partial charge in [-0.1, -0.05) is 0 Å². The zero-order valence-electron chi connectivity index (χ0n) is 4.36. The van der Waals surface area contributed by atoms with Crippen molar-refractivity contribution < 1.29 is 21.1 Å². The van der Waals surface area contributed by atoms with Gasteiger partial charge in [-0.2, -0.15) is 6.92 Å². The second-order valence-electron chi connectivity index (χ2n) is 0.447. The van der Waals surface area contributed by atoms with Gasteiger partial charge in [0.2, 0.25) is 0 Å². The minimum atomic E-state index is 0. The Hall–Kier alpha value is 0.358. The van der Waals surface area contributed by atoms with Gasteiger partial charge in [0.1, 0.15) is 0 Å². The number of rotatable bonds is 0. The van der Waals surface area contributed by atoms with E-state index < -0.39 is 0 Å². The van der Waals surface area contributed by atoms with E-state index in [1.807, 2.05) is 0 Å². The standard InChI is InChI=1S/C3H6N.CH3.W/c1-3-4-2;;/h1-2H3;1H3;/q2*-1;+2. The molecule has 0 saturated carbocycles. The normalized spacial score (nSPS) is 6.33. The van der Waals surface area contributed by atoms with Crippen molar-refractivity contribution in [2.45, 2.75) is 6.92 Å². The maximum Gasteiger partial charge on any atom is 2.00 e. The molecule has 0 atom stereocenters. The van der Waals surface area contributed by atoms with E-state index in [2.05, 4.69) is 11.2 Å². The summed E-state index contributed by atoms with van der Waals surface area (Å²) in [4.78, 5) is 3.49. The van der Waals surface area contributed by atoms with Crippen molar-refractivity contribution in [2.75, 3.05) is 7.05 Å². The molecule has 0 rings (SSSR count). The van der Waals surface area contributed by atoms with Crippen molar-refractivity contribution >= 4 is 6.21 Å². The first-order chi connectivity index (χ1) is 1.91. The molecule has 36 valence electrons. The first kappa shape index (κ1) is 16.2. The minimum absolute atomic E-state index is 0. The van der Waals surface area contributed by atoms with Crippen LogP contribution in [0.5, 0.6) is 0 Å². The Labute approximate surface area is 54.1 Å². The average molecular weight is 255 g/mol. The molecule has 0 spiro atoms. The van der Waals surface area contributed by atoms with Crippen molar-refractivity contribution in [1.29, 1.82) is 0 Å². The molecule has 0 N–H and O–H groups in total. The largest absolute Gasteiger partial charge is 2.00 e. The van der Waals surface area contributed by atoms with Gasteiger partial charge in [-0.05, 0) is 7.05 Å². The van der Waals surface area contributed by atoms with Gasteiger partial charge >= 0.3 is 21.1 Å². The van der Waals surface area contributed by atoms with E-state index in [1.54, 1.807) is 14.0 Å². The minimum Gasteiger partial charge on any atom is -0.506 e. The van der Waals surface area contributed by atoms with Gasteiger partial charge in [0.15, 0.2) is 0 Å². The summed E-state index contributed by atoms with van der Waals surface area (Å²) in [6.07, 6.45) is 2.56. The number of hydrogen-bond acceptors (Lipinski definition) is 1. The molecule has 0 radical (unpaired) electrons. The van der Waals surface area contributed by atoms with Crippen LogP contribution in [0.15, 0.2) is 4.99 Å². The second-order valence-corrected chi connectivity index (χ2v) is 0.447. The first-order valence-corrected chi connectivity index (χ1v) is 1.17. The summed E-state index contributed by atoms with van der Waals surface area (Å²) in [5.41, 5.74) is 0. The van der Waals surface area contributed by atoms with Crippen LogP contribution >= 0.6 is 0 Å². The van der Waals surface area contributed by atoms with Gasteiger partial charge in [-0.3, -0.25) is 0 Å². The van der Waals surface area contributed by atoms with Gasteiger partial charge in [0, 0.05) is 0 Å². The molecule has 0 heterocycles. The Kier molecular flexibility index (Phi) is 49.4. The molecule has 0 unspecified atom stereocenters. The zero-order chi connectivity index (χ0) is 3.41. The summed E-state index contributed by atoms with van der Waals surface area (Å²) in [6.45, 7) is 1.76. The molecule has 0 aliphatic heterocycles. The fourth-order valence-corrected chi connectivity index (χ4v) is 0. The van der Waals surface area contributed by atoms with Gasteiger partial charge in [0.25, 0.3) is 0 Å². The van der Waals surface area contributed by atoms with Crippen LogP contribution in [0, 0.1) is 7.43 Å². The van der Waals surface area contributed by atoms with E-state index in [1.165, 1.54) is 0 Å². The molecule has 0 aromatic heterocycles. The molecular weight excluding hydrogens is 246 g/mol. The predicted octanol–water partition coefficient (Wildman–Crippen LogP) is 1.03. The molecule has 0 aromatic carbocycles. The monoisotopic (exact) mass is 255 g/mol. The third kappa shape index (κ3) is 26.6. The molecule has 0 saturated heterocycles. The average Bonchev–Trinajstić information content (AvgIpc) is 1.37. The molecule has 0 amide bonds. The summed E-state index contributed by atoms with van der Waals surface area (Å²) in [7, 11) is 1.69. The van der Waals surface area contributed by atoms with Crippen LogP contribution in [0.1, 0.15) is 6.92 Å². The van der Waals surface area contributed by atoms with Gasteiger partial charge in [-0.15, -0.1) is 0 Å². The number of nitrogens with zero attached hydrogens (tertiary/aromatic N) is 1. The first-order valence-electron chi connectivity index (χ1n) is 1.17. The van der Waals surface area contributed by atoms with Gasteiger partial charge < -0.3 is 18.6 Å². The SMILES string of the molecule is C[C-]=NC.[CH3-].[W+2]. The maximum atomic E-state index is 3.49. The molecular formula is C4H9NW. The predicted molar refractivity (Wildman–Crippen MR) is 25.4 cm³/mol. The van der Waals surface area contributed by atoms with Crippen molar-refractivity contribution in [1.82, 2.24) is 0 Å². The maximum absolute atomic E-state index is 3.49. The fraction of sp³-hybridized carbons (Fsp3) is 0.500. The van der Waals surface area contributed by atoms with Crippen LogP contribution in [0.3, 0.4) is 0 Å². The van der Waals surface area contributed by atoms with Crippen LogP contribution in [0.4, 0.5) is 0 Å². The number of hydrogen-bond donors (Lipinski definition) is 0. The fourth-order valence-electron chi connectivity index (χ4n) is 0. The number of aliphatic imine (C=N–C) groups is 1. The van der Waals surface area contributed by atoms with Crippen LogP contribution in [-0.4, -0.2) is 13.3 Å². The van der Waals surface area contributed by atoms with Gasteiger partial charge in [0.05, 0.1) is 0 Å². The molecule has 1 nitrogen and oxygen atoms in total. The summed E-state index contributed by atoms with van der Waals surface area (Å²) >= 11 is 0. The smallest absolute Gasteiger partial charge is 0.506 e. The van der Waals surface area contributed by atoms with E-state index in [0.717, 1.165) is 0 Å².